The summed E-state index contributed by atoms with van der Waals surface area (Å²) in [5.74, 6) is 2.12. The lowest BCUT2D eigenvalue weighted by atomic mass is 9.94. The zero-order chi connectivity index (χ0) is 21.2. The van der Waals surface area contributed by atoms with Crippen molar-refractivity contribution in [1.82, 2.24) is 20.2 Å². The Morgan fingerprint density at radius 2 is 2.07 bits per heavy atom. The first kappa shape index (κ1) is 26.4. The summed E-state index contributed by atoms with van der Waals surface area (Å²) in [6, 6.07) is 5.17. The average Bonchev–Trinajstić information content (AvgIpc) is 3.09. The molecule has 0 fully saturated rings. The molecule has 0 bridgehead atoms. The molecule has 3 N–H and O–H groups in total. The number of hydrogen-bond donors (Lipinski definition) is 3. The Labute approximate surface area is 196 Å². The first-order valence-corrected chi connectivity index (χ1v) is 10.4. The maximum atomic E-state index is 14.6. The molecule has 0 aliphatic carbocycles. The minimum absolute atomic E-state index is 0. The molecule has 0 saturated carbocycles. The van der Waals surface area contributed by atoms with Gasteiger partial charge in [0.1, 0.15) is 11.6 Å². The molecule has 1 atom stereocenters. The number of benzene rings is 1. The third kappa shape index (κ3) is 8.22. The molecule has 1 aromatic heterocycles. The van der Waals surface area contributed by atoms with Gasteiger partial charge in [0.15, 0.2) is 5.96 Å². The maximum Gasteiger partial charge on any atom is 0.191 e. The van der Waals surface area contributed by atoms with Crippen LogP contribution in [-0.2, 0) is 6.54 Å². The second-order valence-electron chi connectivity index (χ2n) is 7.71. The van der Waals surface area contributed by atoms with E-state index in [9.17, 15) is 9.50 Å². The van der Waals surface area contributed by atoms with Crippen LogP contribution in [0.1, 0.15) is 45.0 Å². The highest BCUT2D eigenvalue weighted by Gasteiger charge is 2.12. The van der Waals surface area contributed by atoms with E-state index in [1.165, 1.54) is 6.07 Å². The molecule has 168 valence electrons. The molecule has 0 aliphatic rings. The molecule has 0 spiro atoms. The van der Waals surface area contributed by atoms with E-state index >= 15 is 0 Å². The summed E-state index contributed by atoms with van der Waals surface area (Å²) in [7, 11) is 0. The maximum absolute atomic E-state index is 14.6. The Hall–Kier alpha value is -1.68. The average molecular weight is 531 g/mol. The van der Waals surface area contributed by atoms with Gasteiger partial charge in [-0.05, 0) is 56.2 Å². The lowest BCUT2D eigenvalue weighted by molar-refractivity contribution is 0.243. The number of hydrogen-bond acceptors (Lipinski definition) is 3. The van der Waals surface area contributed by atoms with Crippen LogP contribution in [0.2, 0.25) is 0 Å². The van der Waals surface area contributed by atoms with E-state index in [1.54, 1.807) is 23.0 Å². The van der Waals surface area contributed by atoms with Gasteiger partial charge in [0, 0.05) is 32.1 Å². The van der Waals surface area contributed by atoms with E-state index in [4.69, 9.17) is 0 Å². The van der Waals surface area contributed by atoms with Crippen molar-refractivity contribution in [3.63, 3.8) is 0 Å². The van der Waals surface area contributed by atoms with Crippen molar-refractivity contribution in [3.8, 4) is 5.69 Å². The van der Waals surface area contributed by atoms with Crippen LogP contribution in [-0.4, -0.2) is 40.3 Å². The third-order valence-electron chi connectivity index (χ3n) is 4.76. The molecule has 8 heteroatoms. The van der Waals surface area contributed by atoms with Gasteiger partial charge in [0.2, 0.25) is 0 Å². The van der Waals surface area contributed by atoms with Gasteiger partial charge in [-0.3, -0.25) is 0 Å². The predicted molar refractivity (Wildman–Crippen MR) is 131 cm³/mol. The first-order valence-electron chi connectivity index (χ1n) is 10.4. The fourth-order valence-corrected chi connectivity index (χ4v) is 3.38. The van der Waals surface area contributed by atoms with Gasteiger partial charge in [0.25, 0.3) is 0 Å². The molecule has 6 nitrogen and oxygen atoms in total. The Morgan fingerprint density at radius 3 is 2.63 bits per heavy atom. The van der Waals surface area contributed by atoms with Crippen molar-refractivity contribution in [1.29, 1.82) is 0 Å². The number of imidazole rings is 1. The van der Waals surface area contributed by atoms with E-state index < -0.39 is 0 Å². The summed E-state index contributed by atoms with van der Waals surface area (Å²) in [5.41, 5.74) is 1.29. The minimum Gasteiger partial charge on any atom is -0.396 e. The van der Waals surface area contributed by atoms with E-state index in [1.807, 2.05) is 19.9 Å². The number of aliphatic imine (C=N–C) groups is 1. The first-order chi connectivity index (χ1) is 13.9. The number of nitrogens with zero attached hydrogens (tertiary/aromatic N) is 3. The predicted octanol–water partition coefficient (Wildman–Crippen LogP) is 4.04. The Bertz CT molecular complexity index is 794. The summed E-state index contributed by atoms with van der Waals surface area (Å²) in [4.78, 5) is 8.74. The third-order valence-corrected chi connectivity index (χ3v) is 4.76. The molecule has 2 aromatic rings. The second-order valence-corrected chi connectivity index (χ2v) is 7.71. The van der Waals surface area contributed by atoms with Gasteiger partial charge in [-0.15, -0.1) is 24.0 Å². The molecular weight excluding hydrogens is 496 g/mol. The standard InChI is InChI=1S/C22H34FN5O.HI/c1-5-24-22(27-15-19(8-11-29)12-16(2)3)26-14-18-6-7-21(20(23)13-18)28-10-9-25-17(28)4;/h6-7,9-10,13,16,19,29H,5,8,11-12,14-15H2,1-4H3,(H2,24,26,27);1H. The molecular formula is C22H35FIN5O. The number of rotatable bonds is 10. The number of guanidine groups is 1. The summed E-state index contributed by atoms with van der Waals surface area (Å²) >= 11 is 0. The lowest BCUT2D eigenvalue weighted by Crippen LogP contribution is -2.40. The van der Waals surface area contributed by atoms with Crippen molar-refractivity contribution < 1.29 is 9.50 Å². The molecule has 0 radical (unpaired) electrons. The Kier molecular flexibility index (Phi) is 11.9. The molecule has 1 aromatic carbocycles. The molecule has 0 saturated heterocycles. The van der Waals surface area contributed by atoms with Crippen LogP contribution in [0.3, 0.4) is 0 Å². The lowest BCUT2D eigenvalue weighted by Gasteiger charge is -2.20. The molecule has 0 amide bonds. The van der Waals surface area contributed by atoms with E-state index in [0.29, 0.717) is 30.0 Å². The fourth-order valence-electron chi connectivity index (χ4n) is 3.38. The monoisotopic (exact) mass is 531 g/mol. The van der Waals surface area contributed by atoms with Crippen LogP contribution in [0, 0.1) is 24.6 Å². The minimum atomic E-state index is -0.295. The van der Waals surface area contributed by atoms with Gasteiger partial charge in [-0.2, -0.15) is 0 Å². The van der Waals surface area contributed by atoms with Crippen molar-refractivity contribution in [2.24, 2.45) is 16.8 Å². The molecule has 30 heavy (non-hydrogen) atoms. The molecule has 1 heterocycles. The Balaban J connectivity index is 0.00000450. The topological polar surface area (TPSA) is 74.5 Å². The number of nitrogens with one attached hydrogen (secondary N) is 2. The zero-order valence-electron chi connectivity index (χ0n) is 18.4. The highest BCUT2D eigenvalue weighted by Crippen LogP contribution is 2.17. The summed E-state index contributed by atoms with van der Waals surface area (Å²) in [5, 5.41) is 15.9. The van der Waals surface area contributed by atoms with Crippen LogP contribution in [0.5, 0.6) is 0 Å². The van der Waals surface area contributed by atoms with Crippen LogP contribution < -0.4 is 10.6 Å². The second kappa shape index (κ2) is 13.6. The van der Waals surface area contributed by atoms with Crippen molar-refractivity contribution in [3.05, 3.63) is 47.8 Å². The number of aliphatic hydroxyl groups is 1. The summed E-state index contributed by atoms with van der Waals surface area (Å²) < 4.78 is 16.3. The largest absolute Gasteiger partial charge is 0.396 e. The number of aryl methyl sites for hydroxylation is 1. The van der Waals surface area contributed by atoms with Crippen molar-refractivity contribution in [2.45, 2.75) is 47.1 Å². The van der Waals surface area contributed by atoms with Gasteiger partial charge >= 0.3 is 0 Å². The summed E-state index contributed by atoms with van der Waals surface area (Å²) in [6.07, 6.45) is 5.22. The van der Waals surface area contributed by atoms with Gasteiger partial charge in [-0.25, -0.2) is 14.4 Å². The van der Waals surface area contributed by atoms with Crippen LogP contribution >= 0.6 is 24.0 Å². The van der Waals surface area contributed by atoms with E-state index in [2.05, 4.69) is 34.5 Å². The Morgan fingerprint density at radius 1 is 1.30 bits per heavy atom. The van der Waals surface area contributed by atoms with Crippen LogP contribution in [0.25, 0.3) is 5.69 Å². The molecule has 1 unspecified atom stereocenters. The normalized spacial score (nSPS) is 12.6. The summed E-state index contributed by atoms with van der Waals surface area (Å²) in [6.45, 7) is 10.3. The number of halogens is 2. The molecule has 0 aliphatic heterocycles. The smallest absolute Gasteiger partial charge is 0.191 e. The number of aromatic nitrogens is 2. The quantitative estimate of drug-likeness (QED) is 0.246. The van der Waals surface area contributed by atoms with Gasteiger partial charge in [-0.1, -0.05) is 19.9 Å². The molecule has 2 rings (SSSR count). The van der Waals surface area contributed by atoms with Gasteiger partial charge < -0.3 is 20.3 Å². The van der Waals surface area contributed by atoms with Crippen molar-refractivity contribution >= 4 is 29.9 Å². The fraction of sp³-hybridized carbons (Fsp3) is 0.545. The van der Waals surface area contributed by atoms with Crippen LogP contribution in [0.4, 0.5) is 4.39 Å². The van der Waals surface area contributed by atoms with Gasteiger partial charge in [0.05, 0.1) is 12.2 Å². The highest BCUT2D eigenvalue weighted by atomic mass is 127. The highest BCUT2D eigenvalue weighted by molar-refractivity contribution is 14.0. The zero-order valence-corrected chi connectivity index (χ0v) is 20.7. The van der Waals surface area contributed by atoms with Crippen LogP contribution in [0.15, 0.2) is 35.6 Å². The SMILES string of the molecule is CCNC(=NCc1ccc(-n2ccnc2C)c(F)c1)NCC(CCO)CC(C)C.I. The number of aliphatic hydroxyl groups excluding tert-OH is 1. The van der Waals surface area contributed by atoms with E-state index in [-0.39, 0.29) is 36.4 Å². The van der Waals surface area contributed by atoms with E-state index in [0.717, 1.165) is 37.3 Å². The van der Waals surface area contributed by atoms with Crippen molar-refractivity contribution in [2.75, 3.05) is 19.7 Å².